The molecular weight excluding hydrogens is 393 g/mol. The number of carbonyl (C=O) groups excluding carboxylic acids is 3. The van der Waals surface area contributed by atoms with Crippen molar-refractivity contribution in [2.24, 2.45) is 0 Å². The summed E-state index contributed by atoms with van der Waals surface area (Å²) in [6.07, 6.45) is -3.19. The van der Waals surface area contributed by atoms with Crippen LogP contribution < -0.4 is 10.1 Å². The minimum atomic E-state index is -4.50. The molecule has 1 heterocycles. The number of anilines is 1. The average molecular weight is 410 g/mol. The molecule has 7 nitrogen and oxygen atoms in total. The van der Waals surface area contributed by atoms with Crippen LogP contribution in [0.25, 0.3) is 0 Å². The van der Waals surface area contributed by atoms with Crippen LogP contribution in [0.4, 0.5) is 18.9 Å². The van der Waals surface area contributed by atoms with Gasteiger partial charge in [0.15, 0.2) is 19.0 Å². The van der Waals surface area contributed by atoms with Crippen LogP contribution in [-0.4, -0.2) is 42.0 Å². The summed E-state index contributed by atoms with van der Waals surface area (Å²) >= 11 is 0. The number of rotatable bonds is 8. The van der Waals surface area contributed by atoms with Crippen molar-refractivity contribution in [3.8, 4) is 5.88 Å². The Bertz CT molecular complexity index is 865. The zero-order valence-electron chi connectivity index (χ0n) is 15.3. The van der Waals surface area contributed by atoms with Crippen LogP contribution in [0.1, 0.15) is 34.1 Å². The van der Waals surface area contributed by atoms with Gasteiger partial charge in [-0.05, 0) is 30.3 Å². The minimum Gasteiger partial charge on any atom is -0.468 e. The van der Waals surface area contributed by atoms with Crippen LogP contribution in [0, 0.1) is 0 Å². The second kappa shape index (κ2) is 9.67. The molecule has 0 spiro atoms. The molecule has 0 saturated heterocycles. The monoisotopic (exact) mass is 410 g/mol. The standard InChI is InChI=1S/C19H17F3N2O5/c1-2-16(26)24-14-6-3-12(4-7-14)15(25)10-28-18(27)13-5-8-17(23-9-13)29-11-19(20,21)22/h3-9H,2,10-11H2,1H3,(H,24,26). The fraction of sp³-hybridized carbons (Fsp3) is 0.263. The molecule has 0 atom stereocenters. The summed E-state index contributed by atoms with van der Waals surface area (Å²) in [5, 5.41) is 2.64. The van der Waals surface area contributed by atoms with Crippen molar-refractivity contribution in [1.29, 1.82) is 0 Å². The zero-order valence-corrected chi connectivity index (χ0v) is 15.3. The molecule has 10 heteroatoms. The highest BCUT2D eigenvalue weighted by Crippen LogP contribution is 2.17. The van der Waals surface area contributed by atoms with Crippen LogP contribution in [0.3, 0.4) is 0 Å². The second-order valence-electron chi connectivity index (χ2n) is 5.77. The molecule has 1 aromatic carbocycles. The lowest BCUT2D eigenvalue weighted by molar-refractivity contribution is -0.154. The SMILES string of the molecule is CCC(=O)Nc1ccc(C(=O)COC(=O)c2ccc(OCC(F)(F)F)nc2)cc1. The number of hydrogen-bond acceptors (Lipinski definition) is 6. The Morgan fingerprint density at radius 1 is 1.03 bits per heavy atom. The lowest BCUT2D eigenvalue weighted by Crippen LogP contribution is -2.19. The van der Waals surface area contributed by atoms with E-state index in [1.165, 1.54) is 18.2 Å². The smallest absolute Gasteiger partial charge is 0.422 e. The Morgan fingerprint density at radius 3 is 2.24 bits per heavy atom. The average Bonchev–Trinajstić information content (AvgIpc) is 2.70. The quantitative estimate of drug-likeness (QED) is 0.529. The van der Waals surface area contributed by atoms with Crippen molar-refractivity contribution in [2.45, 2.75) is 19.5 Å². The van der Waals surface area contributed by atoms with Gasteiger partial charge in [0.05, 0.1) is 5.56 Å². The van der Waals surface area contributed by atoms with Crippen LogP contribution >= 0.6 is 0 Å². The van der Waals surface area contributed by atoms with Gasteiger partial charge in [0, 0.05) is 29.9 Å². The molecule has 0 aliphatic heterocycles. The van der Waals surface area contributed by atoms with Gasteiger partial charge in [-0.25, -0.2) is 9.78 Å². The fourth-order valence-electron chi connectivity index (χ4n) is 2.03. The number of hydrogen-bond donors (Lipinski definition) is 1. The van der Waals surface area contributed by atoms with Crippen LogP contribution in [-0.2, 0) is 9.53 Å². The van der Waals surface area contributed by atoms with Gasteiger partial charge in [0.25, 0.3) is 0 Å². The molecular formula is C19H17F3N2O5. The lowest BCUT2D eigenvalue weighted by Gasteiger charge is -2.09. The molecule has 154 valence electrons. The first-order valence-corrected chi connectivity index (χ1v) is 8.44. The van der Waals surface area contributed by atoms with Gasteiger partial charge in [-0.1, -0.05) is 6.92 Å². The summed E-state index contributed by atoms with van der Waals surface area (Å²) in [6.45, 7) is -0.328. The highest BCUT2D eigenvalue weighted by Gasteiger charge is 2.28. The Hall–Kier alpha value is -3.43. The van der Waals surface area contributed by atoms with Gasteiger partial charge < -0.3 is 14.8 Å². The van der Waals surface area contributed by atoms with Gasteiger partial charge >= 0.3 is 12.1 Å². The predicted molar refractivity (Wildman–Crippen MR) is 95.8 cm³/mol. The van der Waals surface area contributed by atoms with Crippen LogP contribution in [0.5, 0.6) is 5.88 Å². The Kier molecular flexibility index (Phi) is 7.29. The first-order chi connectivity index (χ1) is 13.7. The maximum atomic E-state index is 12.1. The van der Waals surface area contributed by atoms with Gasteiger partial charge in [-0.15, -0.1) is 0 Å². The maximum Gasteiger partial charge on any atom is 0.422 e. The molecule has 2 rings (SSSR count). The number of amides is 1. The number of nitrogens with zero attached hydrogens (tertiary/aromatic N) is 1. The molecule has 0 fully saturated rings. The number of aromatic nitrogens is 1. The third kappa shape index (κ3) is 7.24. The van der Waals surface area contributed by atoms with E-state index in [0.717, 1.165) is 12.3 Å². The first kappa shape index (κ1) is 21.9. The van der Waals surface area contributed by atoms with Crippen LogP contribution in [0.2, 0.25) is 0 Å². The lowest BCUT2D eigenvalue weighted by atomic mass is 10.1. The highest BCUT2D eigenvalue weighted by atomic mass is 19.4. The Morgan fingerprint density at radius 2 is 1.69 bits per heavy atom. The van der Waals surface area contributed by atoms with Crippen molar-refractivity contribution in [2.75, 3.05) is 18.5 Å². The Labute approximate surface area is 163 Å². The molecule has 0 aliphatic rings. The molecule has 1 aromatic heterocycles. The fourth-order valence-corrected chi connectivity index (χ4v) is 2.03. The van der Waals surface area contributed by atoms with E-state index in [1.54, 1.807) is 19.1 Å². The van der Waals surface area contributed by atoms with Crippen LogP contribution in [0.15, 0.2) is 42.6 Å². The molecule has 0 saturated carbocycles. The molecule has 0 aliphatic carbocycles. The number of Topliss-reactive ketones (excluding diaryl/α,β-unsaturated/α-hetero) is 1. The topological polar surface area (TPSA) is 94.6 Å². The number of carbonyl (C=O) groups is 3. The summed E-state index contributed by atoms with van der Waals surface area (Å²) in [6, 6.07) is 8.33. The molecule has 0 radical (unpaired) electrons. The number of alkyl halides is 3. The third-order valence-electron chi connectivity index (χ3n) is 3.50. The maximum absolute atomic E-state index is 12.1. The van der Waals surface area contributed by atoms with E-state index in [0.29, 0.717) is 12.1 Å². The number of nitrogens with one attached hydrogen (secondary N) is 1. The number of esters is 1. The number of ether oxygens (including phenoxy) is 2. The summed E-state index contributed by atoms with van der Waals surface area (Å²) in [4.78, 5) is 38.9. The van der Waals surface area contributed by atoms with Gasteiger partial charge in [-0.2, -0.15) is 13.2 Å². The Balaban J connectivity index is 1.86. The number of benzene rings is 1. The van der Waals surface area contributed by atoms with E-state index in [9.17, 15) is 27.6 Å². The van der Waals surface area contributed by atoms with Gasteiger partial charge in [0.2, 0.25) is 11.8 Å². The van der Waals surface area contributed by atoms with E-state index in [4.69, 9.17) is 4.74 Å². The van der Waals surface area contributed by atoms with Gasteiger partial charge in [0.1, 0.15) is 0 Å². The van der Waals surface area contributed by atoms with E-state index in [1.807, 2.05) is 0 Å². The largest absolute Gasteiger partial charge is 0.468 e. The number of ketones is 1. The van der Waals surface area contributed by atoms with E-state index in [-0.39, 0.29) is 22.9 Å². The summed E-state index contributed by atoms with van der Waals surface area (Å²) in [5.41, 5.74) is 0.764. The van der Waals surface area contributed by atoms with Crippen molar-refractivity contribution in [3.63, 3.8) is 0 Å². The second-order valence-corrected chi connectivity index (χ2v) is 5.77. The first-order valence-electron chi connectivity index (χ1n) is 8.44. The van der Waals surface area contributed by atoms with E-state index in [2.05, 4.69) is 15.0 Å². The number of halogens is 3. The summed E-state index contributed by atoms with van der Waals surface area (Å²) < 4.78 is 45.6. The molecule has 0 unspecified atom stereocenters. The van der Waals surface area contributed by atoms with Crippen molar-refractivity contribution < 1.29 is 37.0 Å². The van der Waals surface area contributed by atoms with Crippen molar-refractivity contribution in [1.82, 2.24) is 4.98 Å². The molecule has 1 N–H and O–H groups in total. The predicted octanol–water partition coefficient (Wildman–Crippen LogP) is 3.41. The minimum absolute atomic E-state index is 0.0465. The number of pyridine rings is 1. The zero-order chi connectivity index (χ0) is 21.4. The van der Waals surface area contributed by atoms with Gasteiger partial charge in [-0.3, -0.25) is 9.59 Å². The molecule has 1 amide bonds. The van der Waals surface area contributed by atoms with E-state index < -0.39 is 31.1 Å². The van der Waals surface area contributed by atoms with Crippen molar-refractivity contribution in [3.05, 3.63) is 53.7 Å². The molecule has 0 bridgehead atoms. The third-order valence-corrected chi connectivity index (χ3v) is 3.50. The normalized spacial score (nSPS) is 10.9. The summed E-state index contributed by atoms with van der Waals surface area (Å²) in [5.74, 6) is -1.79. The highest BCUT2D eigenvalue weighted by molar-refractivity contribution is 6.00. The molecule has 2 aromatic rings. The molecule has 29 heavy (non-hydrogen) atoms. The summed E-state index contributed by atoms with van der Waals surface area (Å²) in [7, 11) is 0. The van der Waals surface area contributed by atoms with Crippen molar-refractivity contribution >= 4 is 23.3 Å². The van der Waals surface area contributed by atoms with E-state index >= 15 is 0 Å².